The van der Waals surface area contributed by atoms with Gasteiger partial charge in [-0.05, 0) is 30.2 Å². The molecule has 1 aliphatic heterocycles. The van der Waals surface area contributed by atoms with Crippen molar-refractivity contribution >= 4 is 33.1 Å². The maximum atomic E-state index is 11.0. The van der Waals surface area contributed by atoms with Crippen LogP contribution in [0.3, 0.4) is 0 Å². The van der Waals surface area contributed by atoms with Gasteiger partial charge in [0.05, 0.1) is 4.21 Å². The molecule has 6 heteroatoms. The highest BCUT2D eigenvalue weighted by molar-refractivity contribution is 8.01. The van der Waals surface area contributed by atoms with Gasteiger partial charge in [0.2, 0.25) is 10.0 Å². The number of rotatable bonds is 1. The van der Waals surface area contributed by atoms with Crippen LogP contribution < -0.4 is 5.14 Å². The molecule has 1 aromatic rings. The zero-order valence-corrected chi connectivity index (χ0v) is 9.27. The van der Waals surface area contributed by atoms with Crippen molar-refractivity contribution in [2.75, 3.05) is 5.75 Å². The van der Waals surface area contributed by atoms with Gasteiger partial charge in [0, 0.05) is 0 Å². The Morgan fingerprint density at radius 3 is 2.85 bits per heavy atom. The number of thiophene rings is 1. The molecule has 2 rings (SSSR count). The predicted molar refractivity (Wildman–Crippen MR) is 54.7 cm³/mol. The van der Waals surface area contributed by atoms with Crippen molar-refractivity contribution in [1.29, 1.82) is 0 Å². The van der Waals surface area contributed by atoms with E-state index >= 15 is 0 Å². The van der Waals surface area contributed by atoms with Gasteiger partial charge in [0.1, 0.15) is 4.21 Å². The molecule has 0 fully saturated rings. The molecule has 0 aliphatic carbocycles. The number of sulfonamides is 1. The Balaban J connectivity index is 2.47. The maximum Gasteiger partial charge on any atom is 0.247 e. The van der Waals surface area contributed by atoms with Gasteiger partial charge < -0.3 is 0 Å². The smallest absolute Gasteiger partial charge is 0.224 e. The molecular weight excluding hydrogens is 226 g/mol. The molecule has 0 aromatic carbocycles. The van der Waals surface area contributed by atoms with Gasteiger partial charge in [-0.25, -0.2) is 13.6 Å². The lowest BCUT2D eigenvalue weighted by Crippen LogP contribution is -2.09. The molecule has 0 bridgehead atoms. The van der Waals surface area contributed by atoms with Crippen LogP contribution in [0.15, 0.2) is 14.5 Å². The number of nitrogens with two attached hydrogens (primary N) is 1. The second-order valence-corrected chi connectivity index (χ2v) is 7.08. The summed E-state index contributed by atoms with van der Waals surface area (Å²) in [6, 6.07) is 1.71. The molecule has 1 aliphatic rings. The van der Waals surface area contributed by atoms with Crippen molar-refractivity contribution in [2.45, 2.75) is 21.3 Å². The molecular formula is C7H9NO2S3. The van der Waals surface area contributed by atoms with Gasteiger partial charge >= 0.3 is 0 Å². The van der Waals surface area contributed by atoms with Crippen LogP contribution in [-0.2, 0) is 16.4 Å². The Labute approximate surface area is 85.4 Å². The molecule has 1 aromatic heterocycles. The average Bonchev–Trinajstić information content (AvgIpc) is 2.45. The van der Waals surface area contributed by atoms with Crippen LogP contribution in [0, 0.1) is 0 Å². The average molecular weight is 235 g/mol. The summed E-state index contributed by atoms with van der Waals surface area (Å²) in [7, 11) is -3.49. The highest BCUT2D eigenvalue weighted by Crippen LogP contribution is 2.38. The molecule has 2 heterocycles. The SMILES string of the molecule is NS(=O)(=O)c1cc2c(s1)SCCC2. The second kappa shape index (κ2) is 3.27. The van der Waals surface area contributed by atoms with Crippen LogP contribution in [0.1, 0.15) is 12.0 Å². The van der Waals surface area contributed by atoms with E-state index in [1.807, 2.05) is 0 Å². The molecule has 0 unspecified atom stereocenters. The molecule has 13 heavy (non-hydrogen) atoms. The monoisotopic (exact) mass is 235 g/mol. The van der Waals surface area contributed by atoms with Crippen molar-refractivity contribution < 1.29 is 8.42 Å². The Bertz CT molecular complexity index is 397. The lowest BCUT2D eigenvalue weighted by Gasteiger charge is -2.07. The third kappa shape index (κ3) is 1.90. The van der Waals surface area contributed by atoms with E-state index in [2.05, 4.69) is 0 Å². The summed E-state index contributed by atoms with van der Waals surface area (Å²) in [6.45, 7) is 0. The fourth-order valence-corrected chi connectivity index (χ4v) is 4.68. The molecule has 0 amide bonds. The van der Waals surface area contributed by atoms with E-state index in [-0.39, 0.29) is 0 Å². The number of aryl methyl sites for hydroxylation is 1. The summed E-state index contributed by atoms with van der Waals surface area (Å²) in [6.07, 6.45) is 2.10. The van der Waals surface area contributed by atoms with Crippen molar-refractivity contribution in [3.05, 3.63) is 11.6 Å². The Kier molecular flexibility index (Phi) is 2.39. The third-order valence-electron chi connectivity index (χ3n) is 1.85. The number of fused-ring (bicyclic) bond motifs is 1. The molecule has 0 radical (unpaired) electrons. The Morgan fingerprint density at radius 2 is 2.23 bits per heavy atom. The summed E-state index contributed by atoms with van der Waals surface area (Å²) in [5, 5.41) is 5.04. The summed E-state index contributed by atoms with van der Waals surface area (Å²) in [5.41, 5.74) is 1.14. The standard InChI is InChI=1S/C7H9NO2S3/c8-13(9,10)6-4-5-2-1-3-11-7(5)12-6/h4H,1-3H2,(H2,8,9,10). The largest absolute Gasteiger partial charge is 0.247 e. The maximum absolute atomic E-state index is 11.0. The first-order chi connectivity index (χ1) is 6.07. The zero-order chi connectivity index (χ0) is 9.47. The van der Waals surface area contributed by atoms with Crippen LogP contribution in [-0.4, -0.2) is 14.2 Å². The van der Waals surface area contributed by atoms with Crippen LogP contribution in [0.5, 0.6) is 0 Å². The quantitative estimate of drug-likeness (QED) is 0.801. The van der Waals surface area contributed by atoms with Crippen molar-refractivity contribution in [1.82, 2.24) is 0 Å². The van der Waals surface area contributed by atoms with Gasteiger partial charge in [-0.15, -0.1) is 23.1 Å². The first-order valence-corrected chi connectivity index (χ1v) is 7.20. The second-order valence-electron chi connectivity index (χ2n) is 2.88. The first kappa shape index (κ1) is 9.51. The van der Waals surface area contributed by atoms with E-state index in [1.54, 1.807) is 17.8 Å². The van der Waals surface area contributed by atoms with E-state index < -0.39 is 10.0 Å². The summed E-state index contributed by atoms with van der Waals surface area (Å²) < 4.78 is 23.5. The van der Waals surface area contributed by atoms with Crippen molar-refractivity contribution in [3.63, 3.8) is 0 Å². The molecule has 0 spiro atoms. The molecule has 2 N–H and O–H groups in total. The lowest BCUT2D eigenvalue weighted by molar-refractivity contribution is 0.599. The van der Waals surface area contributed by atoms with Gasteiger partial charge in [-0.3, -0.25) is 0 Å². The van der Waals surface area contributed by atoms with E-state index in [4.69, 9.17) is 5.14 Å². The minimum atomic E-state index is -3.49. The summed E-state index contributed by atoms with van der Waals surface area (Å²) >= 11 is 3.02. The molecule has 0 saturated heterocycles. The molecule has 3 nitrogen and oxygen atoms in total. The van der Waals surface area contributed by atoms with E-state index in [0.29, 0.717) is 4.21 Å². The number of thioether (sulfide) groups is 1. The van der Waals surface area contributed by atoms with Gasteiger partial charge in [0.25, 0.3) is 0 Å². The van der Waals surface area contributed by atoms with E-state index in [9.17, 15) is 8.42 Å². The first-order valence-electron chi connectivity index (χ1n) is 3.86. The van der Waals surface area contributed by atoms with Crippen LogP contribution >= 0.6 is 23.1 Å². The van der Waals surface area contributed by atoms with Crippen LogP contribution in [0.25, 0.3) is 0 Å². The molecule has 72 valence electrons. The van der Waals surface area contributed by atoms with Gasteiger partial charge in [0.15, 0.2) is 0 Å². The summed E-state index contributed by atoms with van der Waals surface area (Å²) in [5.74, 6) is 1.08. The van der Waals surface area contributed by atoms with Gasteiger partial charge in [-0.2, -0.15) is 0 Å². The third-order valence-corrected chi connectivity index (χ3v) is 5.86. The highest BCUT2D eigenvalue weighted by atomic mass is 32.3. The Morgan fingerprint density at radius 1 is 1.46 bits per heavy atom. The summed E-state index contributed by atoms with van der Waals surface area (Å²) in [4.78, 5) is 0. The minimum Gasteiger partial charge on any atom is -0.224 e. The highest BCUT2D eigenvalue weighted by Gasteiger charge is 2.18. The minimum absolute atomic E-state index is 0.298. The Hall–Kier alpha value is -0.0400. The van der Waals surface area contributed by atoms with Crippen molar-refractivity contribution in [3.8, 4) is 0 Å². The number of hydrogen-bond donors (Lipinski definition) is 1. The topological polar surface area (TPSA) is 60.2 Å². The predicted octanol–water partition coefficient (Wildman–Crippen LogP) is 1.43. The normalized spacial score (nSPS) is 17.0. The molecule has 0 saturated carbocycles. The van der Waals surface area contributed by atoms with Gasteiger partial charge in [-0.1, -0.05) is 0 Å². The number of hydrogen-bond acceptors (Lipinski definition) is 4. The molecule has 0 atom stereocenters. The van der Waals surface area contributed by atoms with E-state index in [0.717, 1.165) is 28.4 Å². The fourth-order valence-electron chi connectivity index (χ4n) is 1.25. The zero-order valence-electron chi connectivity index (χ0n) is 6.82. The van der Waals surface area contributed by atoms with Crippen molar-refractivity contribution in [2.24, 2.45) is 5.14 Å². The van der Waals surface area contributed by atoms with E-state index in [1.165, 1.54) is 11.3 Å². The fraction of sp³-hybridized carbons (Fsp3) is 0.429. The number of primary sulfonamides is 1. The van der Waals surface area contributed by atoms with Crippen LogP contribution in [0.4, 0.5) is 0 Å². The lowest BCUT2D eigenvalue weighted by atomic mass is 10.2. The van der Waals surface area contributed by atoms with Crippen LogP contribution in [0.2, 0.25) is 0 Å².